The fourth-order valence-corrected chi connectivity index (χ4v) is 2.28. The van der Waals surface area contributed by atoms with Gasteiger partial charge in [-0.25, -0.2) is 9.67 Å². The van der Waals surface area contributed by atoms with Gasteiger partial charge in [0.15, 0.2) is 0 Å². The van der Waals surface area contributed by atoms with Gasteiger partial charge >= 0.3 is 0 Å². The Kier molecular flexibility index (Phi) is 3.39. The van der Waals surface area contributed by atoms with E-state index in [1.54, 1.807) is 17.2 Å². The lowest BCUT2D eigenvalue weighted by atomic mass is 10.1. The van der Waals surface area contributed by atoms with Crippen LogP contribution in [0, 0.1) is 6.92 Å². The van der Waals surface area contributed by atoms with Gasteiger partial charge in [0.25, 0.3) is 0 Å². The Morgan fingerprint density at radius 2 is 2.14 bits per heavy atom. The normalized spacial score (nSPS) is 12.3. The molecule has 0 radical (unpaired) electrons. The molecule has 2 heterocycles. The van der Waals surface area contributed by atoms with Gasteiger partial charge in [0.05, 0.1) is 11.7 Å². The van der Waals surface area contributed by atoms with Crippen molar-refractivity contribution in [2.45, 2.75) is 19.9 Å². The van der Waals surface area contributed by atoms with Crippen molar-refractivity contribution in [1.82, 2.24) is 29.8 Å². The molecule has 0 spiro atoms. The smallest absolute Gasteiger partial charge is 0.143 e. The van der Waals surface area contributed by atoms with Gasteiger partial charge in [0.2, 0.25) is 0 Å². The van der Waals surface area contributed by atoms with E-state index >= 15 is 0 Å². The van der Waals surface area contributed by atoms with Crippen molar-refractivity contribution in [3.05, 3.63) is 48.3 Å². The average molecular weight is 283 g/mol. The molecule has 0 saturated heterocycles. The van der Waals surface area contributed by atoms with Crippen LogP contribution in [0.4, 0.5) is 5.69 Å². The van der Waals surface area contributed by atoms with Gasteiger partial charge in [-0.2, -0.15) is 0 Å². The Hall–Kier alpha value is -2.70. The highest BCUT2D eigenvalue weighted by Crippen LogP contribution is 2.23. The summed E-state index contributed by atoms with van der Waals surface area (Å²) in [5.41, 5.74) is 3.12. The number of nitrogens with zero attached hydrogens (tertiary/aromatic N) is 6. The van der Waals surface area contributed by atoms with Gasteiger partial charge in [0.1, 0.15) is 12.2 Å². The SMILES string of the molecule is Cc1ccc(-n2cnnn2)cc1NC(C)c1nccn1C. The first-order chi connectivity index (χ1) is 10.1. The van der Waals surface area contributed by atoms with Crippen LogP contribution < -0.4 is 5.32 Å². The van der Waals surface area contributed by atoms with Crippen molar-refractivity contribution >= 4 is 5.69 Å². The third-order valence-corrected chi connectivity index (χ3v) is 3.45. The van der Waals surface area contributed by atoms with Crippen molar-refractivity contribution in [3.63, 3.8) is 0 Å². The van der Waals surface area contributed by atoms with Crippen LogP contribution in [0.1, 0.15) is 24.4 Å². The average Bonchev–Trinajstić information content (AvgIpc) is 3.12. The number of hydrogen-bond donors (Lipinski definition) is 1. The van der Waals surface area contributed by atoms with Gasteiger partial charge in [-0.15, -0.1) is 5.10 Å². The molecule has 0 aliphatic carbocycles. The lowest BCUT2D eigenvalue weighted by Crippen LogP contribution is -2.13. The monoisotopic (exact) mass is 283 g/mol. The van der Waals surface area contributed by atoms with E-state index in [-0.39, 0.29) is 6.04 Å². The number of nitrogens with one attached hydrogen (secondary N) is 1. The third kappa shape index (κ3) is 2.62. The van der Waals surface area contributed by atoms with E-state index in [4.69, 9.17) is 0 Å². The fraction of sp³-hybridized carbons (Fsp3) is 0.286. The number of imidazole rings is 1. The zero-order valence-corrected chi connectivity index (χ0v) is 12.2. The predicted molar refractivity (Wildman–Crippen MR) is 79.1 cm³/mol. The predicted octanol–water partition coefficient (Wildman–Crippen LogP) is 1.88. The van der Waals surface area contributed by atoms with Crippen molar-refractivity contribution in [2.24, 2.45) is 7.05 Å². The maximum absolute atomic E-state index is 4.38. The maximum atomic E-state index is 4.38. The maximum Gasteiger partial charge on any atom is 0.143 e. The number of tetrazole rings is 1. The van der Waals surface area contributed by atoms with Crippen LogP contribution >= 0.6 is 0 Å². The van der Waals surface area contributed by atoms with Gasteiger partial charge in [-0.05, 0) is 42.0 Å². The first-order valence-electron chi connectivity index (χ1n) is 6.73. The molecule has 3 rings (SSSR count). The highest BCUT2D eigenvalue weighted by atomic mass is 15.5. The lowest BCUT2D eigenvalue weighted by molar-refractivity contribution is 0.720. The minimum Gasteiger partial charge on any atom is -0.375 e. The van der Waals surface area contributed by atoms with Crippen molar-refractivity contribution < 1.29 is 0 Å². The van der Waals surface area contributed by atoms with Crippen LogP contribution in [-0.2, 0) is 7.05 Å². The van der Waals surface area contributed by atoms with Crippen molar-refractivity contribution in [2.75, 3.05) is 5.32 Å². The number of benzene rings is 1. The van der Waals surface area contributed by atoms with Crippen LogP contribution in [0.5, 0.6) is 0 Å². The summed E-state index contributed by atoms with van der Waals surface area (Å²) >= 11 is 0. The van der Waals surface area contributed by atoms with Gasteiger partial charge in [0, 0.05) is 25.1 Å². The third-order valence-electron chi connectivity index (χ3n) is 3.45. The van der Waals surface area contributed by atoms with Crippen LogP contribution in [0.3, 0.4) is 0 Å². The number of aryl methyl sites for hydroxylation is 2. The van der Waals surface area contributed by atoms with E-state index in [0.29, 0.717) is 0 Å². The highest BCUT2D eigenvalue weighted by Gasteiger charge is 2.12. The molecule has 1 atom stereocenters. The van der Waals surface area contributed by atoms with Crippen LogP contribution in [0.25, 0.3) is 5.69 Å². The Morgan fingerprint density at radius 1 is 1.29 bits per heavy atom. The minimum absolute atomic E-state index is 0.104. The number of aromatic nitrogens is 6. The summed E-state index contributed by atoms with van der Waals surface area (Å²) in [6.45, 7) is 4.16. The molecule has 7 nitrogen and oxygen atoms in total. The molecule has 2 aromatic heterocycles. The van der Waals surface area contributed by atoms with Gasteiger partial charge in [-0.1, -0.05) is 6.07 Å². The quantitative estimate of drug-likeness (QED) is 0.791. The Morgan fingerprint density at radius 3 is 2.81 bits per heavy atom. The molecule has 1 N–H and O–H groups in total. The number of hydrogen-bond acceptors (Lipinski definition) is 5. The minimum atomic E-state index is 0.104. The summed E-state index contributed by atoms with van der Waals surface area (Å²) in [5, 5.41) is 14.7. The van der Waals surface area contributed by atoms with Crippen LogP contribution in [0.15, 0.2) is 36.9 Å². The molecule has 1 aromatic carbocycles. The summed E-state index contributed by atoms with van der Waals surface area (Å²) in [5.74, 6) is 0.988. The van der Waals surface area contributed by atoms with Gasteiger partial charge in [-0.3, -0.25) is 0 Å². The number of rotatable bonds is 4. The molecule has 1 unspecified atom stereocenters. The second kappa shape index (κ2) is 5.35. The molecule has 0 aliphatic rings. The molecule has 0 aliphatic heterocycles. The van der Waals surface area contributed by atoms with E-state index in [9.17, 15) is 0 Å². The molecule has 21 heavy (non-hydrogen) atoms. The van der Waals surface area contributed by atoms with Crippen molar-refractivity contribution in [3.8, 4) is 5.69 Å². The molecule has 7 heteroatoms. The van der Waals surface area contributed by atoms with Crippen LogP contribution in [-0.4, -0.2) is 29.8 Å². The number of anilines is 1. The Labute approximate surface area is 122 Å². The van der Waals surface area contributed by atoms with E-state index in [1.165, 1.54) is 0 Å². The highest BCUT2D eigenvalue weighted by molar-refractivity contribution is 5.57. The van der Waals surface area contributed by atoms with Crippen molar-refractivity contribution in [1.29, 1.82) is 0 Å². The summed E-state index contributed by atoms with van der Waals surface area (Å²) in [4.78, 5) is 4.38. The summed E-state index contributed by atoms with van der Waals surface area (Å²) in [6, 6.07) is 6.17. The van der Waals surface area contributed by atoms with E-state index < -0.39 is 0 Å². The first-order valence-corrected chi connectivity index (χ1v) is 6.73. The summed E-state index contributed by atoms with van der Waals surface area (Å²) < 4.78 is 3.65. The lowest BCUT2D eigenvalue weighted by Gasteiger charge is -2.17. The molecule has 0 bridgehead atoms. The van der Waals surface area contributed by atoms with Gasteiger partial charge < -0.3 is 9.88 Å². The van der Waals surface area contributed by atoms with E-state index in [0.717, 1.165) is 22.8 Å². The fourth-order valence-electron chi connectivity index (χ4n) is 2.28. The molecular weight excluding hydrogens is 266 g/mol. The van der Waals surface area contributed by atoms with E-state index in [1.807, 2.05) is 36.0 Å². The second-order valence-electron chi connectivity index (χ2n) is 5.02. The molecule has 3 aromatic rings. The molecular formula is C14H17N7. The molecule has 0 amide bonds. The standard InChI is InChI=1S/C14H17N7/c1-10-4-5-12(21-9-16-18-19-21)8-13(10)17-11(2)14-15-6-7-20(14)3/h4-9,11,17H,1-3H3. The summed E-state index contributed by atoms with van der Waals surface area (Å²) in [6.07, 6.45) is 5.33. The zero-order chi connectivity index (χ0) is 14.8. The zero-order valence-electron chi connectivity index (χ0n) is 12.2. The van der Waals surface area contributed by atoms with Crippen LogP contribution in [0.2, 0.25) is 0 Å². The topological polar surface area (TPSA) is 73.5 Å². The second-order valence-corrected chi connectivity index (χ2v) is 5.02. The first kappa shape index (κ1) is 13.3. The molecule has 0 fully saturated rings. The summed E-state index contributed by atoms with van der Waals surface area (Å²) in [7, 11) is 1.99. The largest absolute Gasteiger partial charge is 0.375 e. The Bertz CT molecular complexity index is 730. The Balaban J connectivity index is 1.88. The molecule has 0 saturated carbocycles. The van der Waals surface area contributed by atoms with E-state index in [2.05, 4.69) is 39.7 Å². The molecule has 108 valence electrons.